The molecule has 1 aromatic rings. The first kappa shape index (κ1) is 18.4. The van der Waals surface area contributed by atoms with Crippen molar-refractivity contribution >= 4 is 34.3 Å². The summed E-state index contributed by atoms with van der Waals surface area (Å²) in [6.45, 7) is 15.7. The number of hydrogen-bond donors (Lipinski definition) is 1. The Balaban J connectivity index is 2.06. The van der Waals surface area contributed by atoms with Crippen molar-refractivity contribution in [2.45, 2.75) is 75.0 Å². The fourth-order valence-electron chi connectivity index (χ4n) is 7.80. The standard InChI is InChI=1S/C21H33NOSi3/c1-24(2)21(25(3,4)26(24,5)6)15-9-14-20(21,19(22)23)18-13-8-11-16-10-7-12-17(16)18/h7-8,11-13H,9-10,14-15H2,1-6H3,(H2,22,23). The lowest BCUT2D eigenvalue weighted by Crippen LogP contribution is -2.95. The number of fused-ring (bicyclic) bond motifs is 1. The second kappa shape index (κ2) is 5.11. The van der Waals surface area contributed by atoms with Gasteiger partial charge in [-0.3, -0.25) is 4.79 Å². The first-order valence-corrected chi connectivity index (χ1v) is 21.1. The molecular formula is C21H33NOSi3. The van der Waals surface area contributed by atoms with Gasteiger partial charge in [0.05, 0.1) is 5.41 Å². The number of allylic oxidation sites excluding steroid dienone is 1. The molecule has 0 radical (unpaired) electrons. The second-order valence-corrected chi connectivity index (χ2v) is 38.8. The fourth-order valence-corrected chi connectivity index (χ4v) is 61.2. The van der Waals surface area contributed by atoms with E-state index in [2.05, 4.69) is 69.6 Å². The van der Waals surface area contributed by atoms with Crippen LogP contribution in [0.3, 0.4) is 0 Å². The van der Waals surface area contributed by atoms with Gasteiger partial charge in [0.1, 0.15) is 0 Å². The molecule has 1 aliphatic heterocycles. The molecule has 5 heteroatoms. The summed E-state index contributed by atoms with van der Waals surface area (Å²) in [7, 11) is -4.42. The molecule has 1 heterocycles. The van der Waals surface area contributed by atoms with E-state index in [1.54, 1.807) is 0 Å². The number of amides is 1. The predicted molar refractivity (Wildman–Crippen MR) is 119 cm³/mol. The Labute approximate surface area is 160 Å². The van der Waals surface area contributed by atoms with Crippen LogP contribution in [-0.2, 0) is 16.6 Å². The summed E-state index contributed by atoms with van der Waals surface area (Å²) in [5.74, 6) is -0.0330. The Bertz CT molecular complexity index is 822. The highest BCUT2D eigenvalue weighted by Gasteiger charge is 2.85. The van der Waals surface area contributed by atoms with Gasteiger partial charge in [0.25, 0.3) is 0 Å². The Hall–Kier alpha value is -0.919. The highest BCUT2D eigenvalue weighted by atomic mass is 29.7. The van der Waals surface area contributed by atoms with Gasteiger partial charge < -0.3 is 5.73 Å². The highest BCUT2D eigenvalue weighted by Crippen LogP contribution is 2.78. The molecule has 2 N–H and O–H groups in total. The molecule has 3 aliphatic rings. The van der Waals surface area contributed by atoms with Crippen molar-refractivity contribution in [3.63, 3.8) is 0 Å². The SMILES string of the molecule is C[Si]1(C)C2(CCCC2(C(N)=O)c2cccc3c2C=CC3)[Si](C)(C)[Si]1(C)C. The summed E-state index contributed by atoms with van der Waals surface area (Å²) in [5, 5.41) is 0. The average molecular weight is 400 g/mol. The molecule has 4 rings (SSSR count). The van der Waals surface area contributed by atoms with Crippen molar-refractivity contribution in [1.82, 2.24) is 0 Å². The molecule has 140 valence electrons. The van der Waals surface area contributed by atoms with Gasteiger partial charge in [0.2, 0.25) is 5.91 Å². The molecule has 1 spiro atoms. The maximum atomic E-state index is 13.4. The van der Waals surface area contributed by atoms with Crippen LogP contribution in [0.1, 0.15) is 36.0 Å². The zero-order valence-electron chi connectivity index (χ0n) is 17.2. The van der Waals surface area contributed by atoms with Gasteiger partial charge in [0, 0.05) is 22.3 Å². The molecule has 1 aromatic carbocycles. The first-order valence-electron chi connectivity index (χ1n) is 10.1. The quantitative estimate of drug-likeness (QED) is 0.717. The van der Waals surface area contributed by atoms with E-state index in [0.717, 1.165) is 19.3 Å². The van der Waals surface area contributed by atoms with Gasteiger partial charge in [-0.1, -0.05) is 82.5 Å². The molecule has 0 aromatic heterocycles. The number of hydrogen-bond acceptors (Lipinski definition) is 1. The maximum Gasteiger partial charge on any atom is 0.228 e. The van der Waals surface area contributed by atoms with E-state index in [-0.39, 0.29) is 10.6 Å². The van der Waals surface area contributed by atoms with Crippen molar-refractivity contribution in [1.29, 1.82) is 0 Å². The second-order valence-electron chi connectivity index (χ2n) is 10.4. The molecule has 2 nitrogen and oxygen atoms in total. The summed E-state index contributed by atoms with van der Waals surface area (Å²) < 4.78 is 0.222. The average Bonchev–Trinajstić information content (AvgIpc) is 3.19. The van der Waals surface area contributed by atoms with E-state index < -0.39 is 27.7 Å². The number of primary amides is 1. The van der Waals surface area contributed by atoms with E-state index in [1.807, 2.05) is 0 Å². The van der Waals surface area contributed by atoms with Gasteiger partial charge >= 0.3 is 0 Å². The molecule has 1 saturated heterocycles. The molecule has 1 unspecified atom stereocenters. The van der Waals surface area contributed by atoms with Crippen molar-refractivity contribution in [3.8, 4) is 0 Å². The lowest BCUT2D eigenvalue weighted by molar-refractivity contribution is -0.123. The summed E-state index contributed by atoms with van der Waals surface area (Å²) in [6.07, 6.45) is 8.85. The Morgan fingerprint density at radius 2 is 1.69 bits per heavy atom. The fraction of sp³-hybridized carbons (Fsp3) is 0.571. The lowest BCUT2D eigenvalue weighted by Gasteiger charge is -2.78. The summed E-state index contributed by atoms with van der Waals surface area (Å²) in [6, 6.07) is 6.64. The minimum atomic E-state index is -1.57. The minimum Gasteiger partial charge on any atom is -0.369 e. The third-order valence-corrected chi connectivity index (χ3v) is 59.5. The lowest BCUT2D eigenvalue weighted by atomic mass is 9.74. The van der Waals surface area contributed by atoms with E-state index >= 15 is 0 Å². The largest absolute Gasteiger partial charge is 0.369 e. The zero-order valence-corrected chi connectivity index (χ0v) is 20.2. The van der Waals surface area contributed by atoms with Crippen LogP contribution in [0.15, 0.2) is 24.3 Å². The van der Waals surface area contributed by atoms with E-state index in [4.69, 9.17) is 5.73 Å². The van der Waals surface area contributed by atoms with Crippen LogP contribution in [0.25, 0.3) is 6.08 Å². The smallest absolute Gasteiger partial charge is 0.228 e. The van der Waals surface area contributed by atoms with Crippen molar-refractivity contribution in [3.05, 3.63) is 41.0 Å². The van der Waals surface area contributed by atoms with Gasteiger partial charge in [-0.25, -0.2) is 0 Å². The van der Waals surface area contributed by atoms with Crippen LogP contribution >= 0.6 is 0 Å². The summed E-state index contributed by atoms with van der Waals surface area (Å²) >= 11 is 0. The summed E-state index contributed by atoms with van der Waals surface area (Å²) in [5.41, 5.74) is 9.91. The van der Waals surface area contributed by atoms with Crippen LogP contribution in [0.4, 0.5) is 0 Å². The molecule has 1 amide bonds. The van der Waals surface area contributed by atoms with Crippen LogP contribution in [0.5, 0.6) is 0 Å². The van der Waals surface area contributed by atoms with Crippen molar-refractivity contribution in [2.24, 2.45) is 5.73 Å². The number of nitrogens with two attached hydrogens (primary N) is 1. The normalized spacial score (nSPS) is 31.6. The number of carbonyl (C=O) groups excluding carboxylic acids is 1. The van der Waals surface area contributed by atoms with Gasteiger partial charge in [-0.15, -0.1) is 0 Å². The number of benzene rings is 1. The monoisotopic (exact) mass is 399 g/mol. The van der Waals surface area contributed by atoms with E-state index in [0.29, 0.717) is 0 Å². The van der Waals surface area contributed by atoms with Crippen LogP contribution < -0.4 is 5.73 Å². The zero-order chi connectivity index (χ0) is 19.2. The summed E-state index contributed by atoms with van der Waals surface area (Å²) in [4.78, 5) is 13.4. The Morgan fingerprint density at radius 3 is 2.31 bits per heavy atom. The molecule has 2 aliphatic carbocycles. The molecule has 2 fully saturated rings. The Morgan fingerprint density at radius 1 is 1.04 bits per heavy atom. The van der Waals surface area contributed by atoms with Gasteiger partial charge in [-0.05, 0) is 34.2 Å². The van der Waals surface area contributed by atoms with Gasteiger partial charge in [-0.2, -0.15) is 0 Å². The maximum absolute atomic E-state index is 13.4. The third kappa shape index (κ3) is 1.59. The molecule has 26 heavy (non-hydrogen) atoms. The van der Waals surface area contributed by atoms with Gasteiger partial charge in [0.15, 0.2) is 0 Å². The number of carbonyl (C=O) groups is 1. The van der Waals surface area contributed by atoms with Crippen molar-refractivity contribution < 1.29 is 4.79 Å². The molecular weight excluding hydrogens is 366 g/mol. The van der Waals surface area contributed by atoms with E-state index in [1.165, 1.54) is 23.1 Å². The molecule has 1 atom stereocenters. The third-order valence-electron chi connectivity index (χ3n) is 9.79. The molecule has 0 bridgehead atoms. The number of rotatable bonds is 2. The van der Waals surface area contributed by atoms with Crippen molar-refractivity contribution in [2.75, 3.05) is 0 Å². The van der Waals surface area contributed by atoms with E-state index in [9.17, 15) is 4.79 Å². The highest BCUT2D eigenvalue weighted by molar-refractivity contribution is 7.79. The predicted octanol–water partition coefficient (Wildman–Crippen LogP) is 4.74. The van der Waals surface area contributed by atoms with Crippen LogP contribution in [0, 0.1) is 0 Å². The van der Waals surface area contributed by atoms with Crippen LogP contribution in [0.2, 0.25) is 43.9 Å². The topological polar surface area (TPSA) is 43.1 Å². The van der Waals surface area contributed by atoms with Crippen LogP contribution in [-0.4, -0.2) is 28.2 Å². The molecule has 1 saturated carbocycles. The first-order chi connectivity index (χ1) is 12.0. The minimum absolute atomic E-state index is 0.0330. The Kier molecular flexibility index (Phi) is 3.63.